The Bertz CT molecular complexity index is 1470. The minimum atomic E-state index is -0.319. The minimum absolute atomic E-state index is 0.261. The third kappa shape index (κ3) is 4.24. The van der Waals surface area contributed by atoms with E-state index in [4.69, 9.17) is 9.72 Å². The third-order valence-corrected chi connectivity index (χ3v) is 6.50. The van der Waals surface area contributed by atoms with Crippen molar-refractivity contribution in [2.75, 3.05) is 11.4 Å². The van der Waals surface area contributed by atoms with Crippen molar-refractivity contribution in [2.24, 2.45) is 18.9 Å². The molecule has 3 heterocycles. The molecule has 0 saturated heterocycles. The molecule has 1 aliphatic heterocycles. The first-order chi connectivity index (χ1) is 16.8. The largest absolute Gasteiger partial charge is 0.457 e. The number of benzene rings is 2. The zero-order valence-corrected chi connectivity index (χ0v) is 20.6. The number of aryl methyl sites for hydroxylation is 1. The highest BCUT2D eigenvalue weighted by Gasteiger charge is 2.29. The van der Waals surface area contributed by atoms with Gasteiger partial charge in [-0.25, -0.2) is 4.79 Å². The first-order valence-electron chi connectivity index (χ1n) is 12.1. The first kappa shape index (κ1) is 23.0. The lowest BCUT2D eigenvalue weighted by molar-refractivity contribution is 0.455. The molecule has 0 N–H and O–H groups in total. The number of nitrogens with zero attached hydrogens (tertiary/aromatic N) is 5. The predicted molar refractivity (Wildman–Crippen MR) is 138 cm³/mol. The van der Waals surface area contributed by atoms with Gasteiger partial charge in [0.25, 0.3) is 5.56 Å². The molecule has 4 aromatic rings. The molecule has 0 radical (unpaired) electrons. The molecule has 0 aliphatic carbocycles. The summed E-state index contributed by atoms with van der Waals surface area (Å²) in [5.41, 5.74) is 1.30. The molecular weight excluding hydrogens is 442 g/mol. The highest BCUT2D eigenvalue weighted by molar-refractivity contribution is 5.77. The second kappa shape index (κ2) is 9.09. The molecule has 0 saturated carbocycles. The maximum absolute atomic E-state index is 13.5. The van der Waals surface area contributed by atoms with Gasteiger partial charge in [0.05, 0.1) is 0 Å². The summed E-state index contributed by atoms with van der Waals surface area (Å²) in [5.74, 6) is 2.90. The SMILES string of the molecule is CC(C)CCn1c(=O)c2c(nc3n2CC(C)CN3c2ccc(Oc3ccccc3)cc2)n(C)c1=O. The number of anilines is 2. The van der Waals surface area contributed by atoms with Crippen LogP contribution in [0.3, 0.4) is 0 Å². The van der Waals surface area contributed by atoms with Gasteiger partial charge in [0.1, 0.15) is 11.5 Å². The molecule has 35 heavy (non-hydrogen) atoms. The van der Waals surface area contributed by atoms with Gasteiger partial charge < -0.3 is 14.2 Å². The van der Waals surface area contributed by atoms with Crippen molar-refractivity contribution >= 4 is 22.8 Å². The fourth-order valence-corrected chi connectivity index (χ4v) is 4.63. The monoisotopic (exact) mass is 473 g/mol. The second-order valence-corrected chi connectivity index (χ2v) is 9.80. The number of ether oxygens (including phenoxy) is 1. The zero-order chi connectivity index (χ0) is 24.7. The van der Waals surface area contributed by atoms with Crippen molar-refractivity contribution in [3.8, 4) is 11.5 Å². The molecule has 182 valence electrons. The van der Waals surface area contributed by atoms with Crippen LogP contribution in [0.1, 0.15) is 27.2 Å². The van der Waals surface area contributed by atoms with Crippen molar-refractivity contribution in [1.82, 2.24) is 18.7 Å². The lowest BCUT2D eigenvalue weighted by atomic mass is 10.1. The van der Waals surface area contributed by atoms with E-state index in [1.54, 1.807) is 7.05 Å². The van der Waals surface area contributed by atoms with Crippen molar-refractivity contribution < 1.29 is 4.74 Å². The van der Waals surface area contributed by atoms with Crippen molar-refractivity contribution in [2.45, 2.75) is 40.3 Å². The molecule has 0 fully saturated rings. The van der Waals surface area contributed by atoms with E-state index < -0.39 is 0 Å². The van der Waals surface area contributed by atoms with E-state index in [9.17, 15) is 9.59 Å². The van der Waals surface area contributed by atoms with Gasteiger partial charge in [0, 0.05) is 32.4 Å². The number of imidazole rings is 1. The molecule has 2 aromatic heterocycles. The molecule has 8 nitrogen and oxygen atoms in total. The van der Waals surface area contributed by atoms with Crippen LogP contribution in [0.15, 0.2) is 64.2 Å². The molecule has 8 heteroatoms. The number of fused-ring (bicyclic) bond motifs is 3. The predicted octanol–water partition coefficient (Wildman–Crippen LogP) is 4.52. The number of hydrogen-bond donors (Lipinski definition) is 0. The fraction of sp³-hybridized carbons (Fsp3) is 0.370. The van der Waals surface area contributed by atoms with Crippen LogP contribution in [-0.2, 0) is 20.1 Å². The van der Waals surface area contributed by atoms with Crippen LogP contribution in [-0.4, -0.2) is 25.2 Å². The maximum atomic E-state index is 13.5. The van der Waals surface area contributed by atoms with Crippen molar-refractivity contribution in [3.63, 3.8) is 0 Å². The van der Waals surface area contributed by atoms with Crippen molar-refractivity contribution in [1.29, 1.82) is 0 Å². The highest BCUT2D eigenvalue weighted by Crippen LogP contribution is 2.34. The Morgan fingerprint density at radius 3 is 2.37 bits per heavy atom. The molecule has 2 aromatic carbocycles. The van der Waals surface area contributed by atoms with Gasteiger partial charge in [-0.2, -0.15) is 4.98 Å². The quantitative estimate of drug-likeness (QED) is 0.412. The number of hydrogen-bond acceptors (Lipinski definition) is 5. The van der Waals surface area contributed by atoms with Crippen LogP contribution in [0.5, 0.6) is 11.5 Å². The van der Waals surface area contributed by atoms with Gasteiger partial charge in [-0.15, -0.1) is 0 Å². The molecule has 5 rings (SSSR count). The standard InChI is InChI=1S/C27H31N5O3/c1-18(2)14-15-30-25(33)23-24(29(4)27(30)34)28-26-31(16-19(3)17-32(23)26)20-10-12-22(13-11-20)35-21-8-6-5-7-9-21/h5-13,18-19H,14-17H2,1-4H3. The Balaban J connectivity index is 1.55. The van der Waals surface area contributed by atoms with Crippen LogP contribution in [0.4, 0.5) is 11.6 Å². The van der Waals surface area contributed by atoms with Crippen LogP contribution in [0.2, 0.25) is 0 Å². The maximum Gasteiger partial charge on any atom is 0.332 e. The van der Waals surface area contributed by atoms with Gasteiger partial charge in [-0.1, -0.05) is 39.0 Å². The van der Waals surface area contributed by atoms with Gasteiger partial charge in [0.15, 0.2) is 11.2 Å². The lowest BCUT2D eigenvalue weighted by Gasteiger charge is -2.33. The molecular formula is C27H31N5O3. The Kier molecular flexibility index (Phi) is 5.96. The summed E-state index contributed by atoms with van der Waals surface area (Å²) in [6.07, 6.45) is 0.765. The summed E-state index contributed by atoms with van der Waals surface area (Å²) in [6, 6.07) is 17.5. The van der Waals surface area contributed by atoms with E-state index >= 15 is 0 Å². The second-order valence-electron chi connectivity index (χ2n) is 9.80. The minimum Gasteiger partial charge on any atom is -0.457 e. The van der Waals surface area contributed by atoms with E-state index in [2.05, 4.69) is 25.7 Å². The van der Waals surface area contributed by atoms with Crippen LogP contribution in [0, 0.1) is 11.8 Å². The Labute approximate surface area is 204 Å². The van der Waals surface area contributed by atoms with E-state index in [0.29, 0.717) is 42.0 Å². The average Bonchev–Trinajstić information content (AvgIpc) is 3.23. The average molecular weight is 474 g/mol. The Hall–Kier alpha value is -3.81. The number of para-hydroxylation sites is 1. The van der Waals surface area contributed by atoms with E-state index in [1.165, 1.54) is 9.13 Å². The number of rotatable bonds is 6. The molecule has 1 atom stereocenters. The molecule has 0 spiro atoms. The van der Waals surface area contributed by atoms with E-state index in [-0.39, 0.29) is 11.2 Å². The van der Waals surface area contributed by atoms with Crippen LogP contribution >= 0.6 is 0 Å². The van der Waals surface area contributed by atoms with E-state index in [1.807, 2.05) is 59.2 Å². The van der Waals surface area contributed by atoms with Gasteiger partial charge in [0.2, 0.25) is 5.95 Å². The molecule has 0 bridgehead atoms. The van der Waals surface area contributed by atoms with E-state index in [0.717, 1.165) is 30.2 Å². The molecule has 1 aliphatic rings. The Morgan fingerprint density at radius 1 is 1.00 bits per heavy atom. The normalized spacial score (nSPS) is 15.6. The van der Waals surface area contributed by atoms with Crippen molar-refractivity contribution in [3.05, 3.63) is 75.4 Å². The summed E-state index contributed by atoms with van der Waals surface area (Å²) >= 11 is 0. The molecule has 0 amide bonds. The first-order valence-corrected chi connectivity index (χ1v) is 12.1. The smallest absolute Gasteiger partial charge is 0.332 e. The summed E-state index contributed by atoms with van der Waals surface area (Å²) in [4.78, 5) is 33.4. The fourth-order valence-electron chi connectivity index (χ4n) is 4.63. The topological polar surface area (TPSA) is 74.3 Å². The van der Waals surface area contributed by atoms with Gasteiger partial charge in [-0.05, 0) is 54.7 Å². The zero-order valence-electron chi connectivity index (χ0n) is 20.6. The summed E-state index contributed by atoms with van der Waals surface area (Å²) < 4.78 is 10.8. The molecule has 1 unspecified atom stereocenters. The highest BCUT2D eigenvalue weighted by atomic mass is 16.5. The summed E-state index contributed by atoms with van der Waals surface area (Å²) in [7, 11) is 1.69. The van der Waals surface area contributed by atoms with Crippen LogP contribution in [0.25, 0.3) is 11.2 Å². The van der Waals surface area contributed by atoms with Crippen LogP contribution < -0.4 is 20.9 Å². The third-order valence-electron chi connectivity index (χ3n) is 6.50. The lowest BCUT2D eigenvalue weighted by Crippen LogP contribution is -2.40. The van der Waals surface area contributed by atoms with Gasteiger partial charge in [-0.3, -0.25) is 13.9 Å². The Morgan fingerprint density at radius 2 is 1.69 bits per heavy atom. The van der Waals surface area contributed by atoms with Gasteiger partial charge >= 0.3 is 5.69 Å². The summed E-state index contributed by atoms with van der Waals surface area (Å²) in [5, 5.41) is 0. The number of aromatic nitrogens is 4. The summed E-state index contributed by atoms with van der Waals surface area (Å²) in [6.45, 7) is 8.18.